The first-order chi connectivity index (χ1) is 8.24. The van der Waals surface area contributed by atoms with Gasteiger partial charge in [-0.05, 0) is 19.4 Å². The van der Waals surface area contributed by atoms with Crippen molar-refractivity contribution in [1.29, 1.82) is 0 Å². The first kappa shape index (κ1) is 13.3. The molecule has 2 heterocycles. The summed E-state index contributed by atoms with van der Waals surface area (Å²) in [6.07, 6.45) is 0. The largest absolute Gasteiger partial charge is 0.379 e. The predicted molar refractivity (Wildman–Crippen MR) is 70.3 cm³/mol. The van der Waals surface area contributed by atoms with Crippen molar-refractivity contribution < 1.29 is 4.74 Å². The van der Waals surface area contributed by atoms with Crippen LogP contribution >= 0.6 is 0 Å². The van der Waals surface area contributed by atoms with Crippen molar-refractivity contribution in [2.75, 3.05) is 59.0 Å². The van der Waals surface area contributed by atoms with Crippen LogP contribution in [0.3, 0.4) is 0 Å². The Morgan fingerprint density at radius 2 is 1.76 bits per heavy atom. The minimum Gasteiger partial charge on any atom is -0.379 e. The maximum absolute atomic E-state index is 5.38. The van der Waals surface area contributed by atoms with E-state index >= 15 is 0 Å². The lowest BCUT2D eigenvalue weighted by Crippen LogP contribution is -2.43. The highest BCUT2D eigenvalue weighted by Gasteiger charge is 2.19. The molecule has 0 aromatic carbocycles. The summed E-state index contributed by atoms with van der Waals surface area (Å²) >= 11 is 0. The first-order valence-electron chi connectivity index (χ1n) is 7.00. The summed E-state index contributed by atoms with van der Waals surface area (Å²) in [4.78, 5) is 5.14. The van der Waals surface area contributed by atoms with Crippen LogP contribution in [0, 0.1) is 5.92 Å². The van der Waals surface area contributed by atoms with Crippen LogP contribution < -0.4 is 5.32 Å². The zero-order chi connectivity index (χ0) is 12.1. The van der Waals surface area contributed by atoms with E-state index in [1.807, 2.05) is 0 Å². The molecule has 2 atom stereocenters. The summed E-state index contributed by atoms with van der Waals surface area (Å²) in [6, 6.07) is 0.629. The topological polar surface area (TPSA) is 27.7 Å². The Morgan fingerprint density at radius 3 is 2.53 bits per heavy atom. The number of ether oxygens (including phenoxy) is 1. The number of hydrogen-bond acceptors (Lipinski definition) is 4. The molecule has 2 rings (SSSR count). The molecule has 0 aromatic rings. The lowest BCUT2D eigenvalue weighted by Gasteiger charge is -2.30. The molecular formula is C13H27N3O. The average molecular weight is 241 g/mol. The van der Waals surface area contributed by atoms with Gasteiger partial charge in [-0.15, -0.1) is 0 Å². The lowest BCUT2D eigenvalue weighted by molar-refractivity contribution is 0.0329. The van der Waals surface area contributed by atoms with Crippen LogP contribution in [0.25, 0.3) is 0 Å². The van der Waals surface area contributed by atoms with Gasteiger partial charge in [0, 0.05) is 45.3 Å². The van der Waals surface area contributed by atoms with Crippen LogP contribution in [0.1, 0.15) is 13.8 Å². The van der Waals surface area contributed by atoms with Gasteiger partial charge in [-0.3, -0.25) is 4.90 Å². The number of rotatable bonds is 3. The maximum atomic E-state index is 5.38. The van der Waals surface area contributed by atoms with Crippen LogP contribution in [0.2, 0.25) is 0 Å². The molecule has 1 N–H and O–H groups in total. The summed E-state index contributed by atoms with van der Waals surface area (Å²) in [5.41, 5.74) is 0. The molecule has 2 aliphatic rings. The van der Waals surface area contributed by atoms with E-state index in [9.17, 15) is 0 Å². The van der Waals surface area contributed by atoms with Gasteiger partial charge in [0.05, 0.1) is 13.2 Å². The van der Waals surface area contributed by atoms with Crippen molar-refractivity contribution in [2.45, 2.75) is 19.9 Å². The SMILES string of the molecule is CC1CNC(C)CN(CCN2CCOCC2)C1. The Kier molecular flexibility index (Phi) is 5.22. The quantitative estimate of drug-likeness (QED) is 0.766. The molecule has 2 unspecified atom stereocenters. The second kappa shape index (κ2) is 6.69. The minimum atomic E-state index is 0.629. The van der Waals surface area contributed by atoms with Crippen molar-refractivity contribution in [3.8, 4) is 0 Å². The molecule has 0 radical (unpaired) electrons. The van der Waals surface area contributed by atoms with Gasteiger partial charge in [-0.2, -0.15) is 0 Å². The third-order valence-electron chi connectivity index (χ3n) is 3.75. The van der Waals surface area contributed by atoms with Crippen LogP contribution in [-0.2, 0) is 4.74 Å². The van der Waals surface area contributed by atoms with Crippen molar-refractivity contribution in [3.63, 3.8) is 0 Å². The average Bonchev–Trinajstić information content (AvgIpc) is 2.50. The number of morpholine rings is 1. The van der Waals surface area contributed by atoms with Crippen LogP contribution in [0.5, 0.6) is 0 Å². The van der Waals surface area contributed by atoms with E-state index in [0.29, 0.717) is 6.04 Å². The van der Waals surface area contributed by atoms with E-state index in [2.05, 4.69) is 29.0 Å². The lowest BCUT2D eigenvalue weighted by atomic mass is 10.2. The Balaban J connectivity index is 1.72. The monoisotopic (exact) mass is 241 g/mol. The molecule has 17 heavy (non-hydrogen) atoms. The van der Waals surface area contributed by atoms with Gasteiger partial charge in [0.1, 0.15) is 0 Å². The Bertz CT molecular complexity index is 207. The fraction of sp³-hybridized carbons (Fsp3) is 1.00. The van der Waals surface area contributed by atoms with E-state index in [4.69, 9.17) is 4.74 Å². The Morgan fingerprint density at radius 1 is 1.06 bits per heavy atom. The fourth-order valence-corrected chi connectivity index (χ4v) is 2.72. The second-order valence-electron chi connectivity index (χ2n) is 5.63. The number of nitrogens with zero attached hydrogens (tertiary/aromatic N) is 2. The van der Waals surface area contributed by atoms with Gasteiger partial charge in [-0.25, -0.2) is 0 Å². The van der Waals surface area contributed by atoms with E-state index in [1.54, 1.807) is 0 Å². The van der Waals surface area contributed by atoms with Gasteiger partial charge in [0.15, 0.2) is 0 Å². The smallest absolute Gasteiger partial charge is 0.0594 e. The molecule has 100 valence electrons. The zero-order valence-corrected chi connectivity index (χ0v) is 11.3. The number of nitrogens with one attached hydrogen (secondary N) is 1. The van der Waals surface area contributed by atoms with Gasteiger partial charge in [0.2, 0.25) is 0 Å². The third kappa shape index (κ3) is 4.54. The fourth-order valence-electron chi connectivity index (χ4n) is 2.72. The normalized spacial score (nSPS) is 33.5. The Hall–Kier alpha value is -0.160. The summed E-state index contributed by atoms with van der Waals surface area (Å²) in [6.45, 7) is 14.7. The molecule has 2 saturated heterocycles. The van der Waals surface area contributed by atoms with Crippen molar-refractivity contribution >= 4 is 0 Å². The van der Waals surface area contributed by atoms with Crippen LogP contribution in [-0.4, -0.2) is 74.9 Å². The molecule has 2 aliphatic heterocycles. The summed E-state index contributed by atoms with van der Waals surface area (Å²) in [7, 11) is 0. The third-order valence-corrected chi connectivity index (χ3v) is 3.75. The molecule has 2 fully saturated rings. The van der Waals surface area contributed by atoms with Crippen molar-refractivity contribution in [1.82, 2.24) is 15.1 Å². The molecule has 0 aliphatic carbocycles. The standard InChI is InChI=1S/C13H27N3O/c1-12-9-14-13(2)11-16(10-12)4-3-15-5-7-17-8-6-15/h12-14H,3-11H2,1-2H3. The summed E-state index contributed by atoms with van der Waals surface area (Å²) in [5, 5.41) is 3.59. The summed E-state index contributed by atoms with van der Waals surface area (Å²) < 4.78 is 5.38. The molecule has 0 saturated carbocycles. The van der Waals surface area contributed by atoms with E-state index in [0.717, 1.165) is 38.8 Å². The summed E-state index contributed by atoms with van der Waals surface area (Å²) in [5.74, 6) is 0.768. The van der Waals surface area contributed by atoms with Gasteiger partial charge >= 0.3 is 0 Å². The van der Waals surface area contributed by atoms with Crippen molar-refractivity contribution in [3.05, 3.63) is 0 Å². The zero-order valence-electron chi connectivity index (χ0n) is 11.3. The predicted octanol–water partition coefficient (Wildman–Crippen LogP) is 0.248. The van der Waals surface area contributed by atoms with Crippen LogP contribution in [0.4, 0.5) is 0 Å². The molecule has 4 heteroatoms. The molecule has 4 nitrogen and oxygen atoms in total. The molecule has 0 aromatic heterocycles. The van der Waals surface area contributed by atoms with E-state index in [1.165, 1.54) is 26.2 Å². The van der Waals surface area contributed by atoms with E-state index in [-0.39, 0.29) is 0 Å². The minimum absolute atomic E-state index is 0.629. The van der Waals surface area contributed by atoms with Gasteiger partial charge in [0.25, 0.3) is 0 Å². The van der Waals surface area contributed by atoms with Crippen LogP contribution in [0.15, 0.2) is 0 Å². The molecule has 0 amide bonds. The van der Waals surface area contributed by atoms with E-state index < -0.39 is 0 Å². The first-order valence-corrected chi connectivity index (χ1v) is 7.00. The van der Waals surface area contributed by atoms with Crippen molar-refractivity contribution in [2.24, 2.45) is 5.92 Å². The maximum Gasteiger partial charge on any atom is 0.0594 e. The second-order valence-corrected chi connectivity index (χ2v) is 5.63. The highest BCUT2D eigenvalue weighted by Crippen LogP contribution is 2.06. The Labute approximate surface area is 105 Å². The highest BCUT2D eigenvalue weighted by molar-refractivity contribution is 4.77. The molecule has 0 bridgehead atoms. The number of hydrogen-bond donors (Lipinski definition) is 1. The van der Waals surface area contributed by atoms with Gasteiger partial charge in [-0.1, -0.05) is 6.92 Å². The van der Waals surface area contributed by atoms with Gasteiger partial charge < -0.3 is 15.0 Å². The molecule has 0 spiro atoms. The highest BCUT2D eigenvalue weighted by atomic mass is 16.5. The molecular weight excluding hydrogens is 214 g/mol.